The third-order valence-corrected chi connectivity index (χ3v) is 4.46. The van der Waals surface area contributed by atoms with Crippen molar-refractivity contribution in [3.63, 3.8) is 0 Å². The lowest BCUT2D eigenvalue weighted by molar-refractivity contribution is 0.0957. The smallest absolute Gasteiger partial charge is 0.271 e. The van der Waals surface area contributed by atoms with Gasteiger partial charge in [-0.05, 0) is 22.9 Å². The first-order valence-electron chi connectivity index (χ1n) is 8.54. The molecule has 0 aliphatic carbocycles. The number of carbonyl (C=O) groups excluding carboxylic acids is 1. The minimum absolute atomic E-state index is 0.260. The molecular formula is C22H16N4O. The van der Waals surface area contributed by atoms with Crippen LogP contribution in [0.1, 0.15) is 15.9 Å². The molecule has 1 N–H and O–H groups in total. The number of aromatic nitrogens is 1. The number of hydrogen-bond acceptors (Lipinski definition) is 3. The second kappa shape index (κ2) is 7.14. The average molecular weight is 352 g/mol. The summed E-state index contributed by atoms with van der Waals surface area (Å²) in [5.41, 5.74) is 4.99. The number of benzene rings is 3. The quantitative estimate of drug-likeness (QED) is 0.444. The van der Waals surface area contributed by atoms with Crippen LogP contribution in [0, 0.1) is 11.3 Å². The Morgan fingerprint density at radius 1 is 1.04 bits per heavy atom. The van der Waals surface area contributed by atoms with Gasteiger partial charge < -0.3 is 4.57 Å². The summed E-state index contributed by atoms with van der Waals surface area (Å²) < 4.78 is 1.86. The van der Waals surface area contributed by atoms with Crippen LogP contribution in [-0.4, -0.2) is 16.7 Å². The highest BCUT2D eigenvalue weighted by Crippen LogP contribution is 2.20. The highest BCUT2D eigenvalue weighted by molar-refractivity contribution is 6.07. The van der Waals surface area contributed by atoms with E-state index in [0.717, 1.165) is 27.2 Å². The number of hydrazone groups is 1. The third kappa shape index (κ3) is 3.16. The summed E-state index contributed by atoms with van der Waals surface area (Å²) in [5, 5.41) is 16.0. The minimum atomic E-state index is -0.260. The topological polar surface area (TPSA) is 70.2 Å². The van der Waals surface area contributed by atoms with E-state index in [1.807, 2.05) is 71.4 Å². The van der Waals surface area contributed by atoms with Gasteiger partial charge in [-0.3, -0.25) is 4.79 Å². The first-order chi connectivity index (χ1) is 13.3. The van der Waals surface area contributed by atoms with E-state index in [9.17, 15) is 4.79 Å². The van der Waals surface area contributed by atoms with Crippen LogP contribution in [0.25, 0.3) is 21.7 Å². The van der Waals surface area contributed by atoms with Gasteiger partial charge in [0.2, 0.25) is 0 Å². The summed E-state index contributed by atoms with van der Waals surface area (Å²) in [7, 11) is 0. The SMILES string of the molecule is N#CCn1cc(/C=N\NC(=O)c2cccc3ccccc23)c2ccccc21. The van der Waals surface area contributed by atoms with E-state index in [-0.39, 0.29) is 12.5 Å². The Labute approximate surface area is 156 Å². The van der Waals surface area contributed by atoms with Gasteiger partial charge in [-0.2, -0.15) is 10.4 Å². The van der Waals surface area contributed by atoms with E-state index in [4.69, 9.17) is 5.26 Å². The number of nitrogens with one attached hydrogen (secondary N) is 1. The van der Waals surface area contributed by atoms with E-state index >= 15 is 0 Å². The van der Waals surface area contributed by atoms with Gasteiger partial charge in [0.15, 0.2) is 0 Å². The highest BCUT2D eigenvalue weighted by atomic mass is 16.2. The maximum atomic E-state index is 12.5. The van der Waals surface area contributed by atoms with Crippen LogP contribution in [0.4, 0.5) is 0 Å². The van der Waals surface area contributed by atoms with Crippen LogP contribution < -0.4 is 5.43 Å². The molecule has 0 unspecified atom stereocenters. The minimum Gasteiger partial charge on any atom is -0.333 e. The van der Waals surface area contributed by atoms with Crippen molar-refractivity contribution in [1.82, 2.24) is 9.99 Å². The van der Waals surface area contributed by atoms with Gasteiger partial charge in [0.1, 0.15) is 6.54 Å². The number of fused-ring (bicyclic) bond motifs is 2. The van der Waals surface area contributed by atoms with Crippen molar-refractivity contribution in [1.29, 1.82) is 5.26 Å². The fourth-order valence-corrected chi connectivity index (χ4v) is 3.23. The van der Waals surface area contributed by atoms with E-state index in [1.54, 1.807) is 12.3 Å². The van der Waals surface area contributed by atoms with E-state index in [1.165, 1.54) is 0 Å². The van der Waals surface area contributed by atoms with Crippen LogP contribution in [0.15, 0.2) is 78.0 Å². The van der Waals surface area contributed by atoms with Gasteiger partial charge in [0, 0.05) is 28.2 Å². The van der Waals surface area contributed by atoms with Gasteiger partial charge in [-0.25, -0.2) is 5.43 Å². The first kappa shape index (κ1) is 16.6. The predicted molar refractivity (Wildman–Crippen MR) is 107 cm³/mol. The Hall–Kier alpha value is -3.91. The zero-order valence-electron chi connectivity index (χ0n) is 14.5. The first-order valence-corrected chi connectivity index (χ1v) is 8.54. The number of para-hydroxylation sites is 1. The van der Waals surface area contributed by atoms with Gasteiger partial charge in [-0.15, -0.1) is 0 Å². The Morgan fingerprint density at radius 3 is 2.63 bits per heavy atom. The molecule has 1 heterocycles. The molecule has 0 atom stereocenters. The maximum absolute atomic E-state index is 12.5. The monoisotopic (exact) mass is 352 g/mol. The van der Waals surface area contributed by atoms with Crippen LogP contribution in [0.2, 0.25) is 0 Å². The molecule has 0 radical (unpaired) electrons. The molecule has 0 saturated carbocycles. The van der Waals surface area contributed by atoms with Crippen molar-refractivity contribution in [3.05, 3.63) is 84.1 Å². The standard InChI is InChI=1S/C22H16N4O/c23-12-13-26-15-17(19-9-3-4-11-21(19)26)14-24-25-22(27)20-10-5-7-16-6-1-2-8-18(16)20/h1-11,14-15H,13H2,(H,25,27)/b24-14-. The van der Waals surface area contributed by atoms with Crippen molar-refractivity contribution in [3.8, 4) is 6.07 Å². The van der Waals surface area contributed by atoms with E-state index < -0.39 is 0 Å². The number of carbonyl (C=O) groups is 1. The van der Waals surface area contributed by atoms with Crippen LogP contribution in [0.5, 0.6) is 0 Å². The summed E-state index contributed by atoms with van der Waals surface area (Å²) in [6.45, 7) is 0.261. The molecule has 0 bridgehead atoms. The lowest BCUT2D eigenvalue weighted by Gasteiger charge is -2.04. The molecule has 5 heteroatoms. The van der Waals surface area contributed by atoms with Crippen molar-refractivity contribution >= 4 is 33.8 Å². The Morgan fingerprint density at radius 2 is 1.78 bits per heavy atom. The molecule has 1 amide bonds. The summed E-state index contributed by atoms with van der Waals surface area (Å²) in [6.07, 6.45) is 3.47. The van der Waals surface area contributed by atoms with Crippen molar-refractivity contribution in [2.45, 2.75) is 6.54 Å². The van der Waals surface area contributed by atoms with E-state index in [0.29, 0.717) is 5.56 Å². The fraction of sp³-hybridized carbons (Fsp3) is 0.0455. The van der Waals surface area contributed by atoms with E-state index in [2.05, 4.69) is 16.6 Å². The van der Waals surface area contributed by atoms with Gasteiger partial charge in [0.05, 0.1) is 12.3 Å². The summed E-state index contributed by atoms with van der Waals surface area (Å²) in [5.74, 6) is -0.260. The number of nitriles is 1. The molecule has 4 rings (SSSR count). The normalized spacial score (nSPS) is 11.1. The lowest BCUT2D eigenvalue weighted by atomic mass is 10.0. The Balaban J connectivity index is 1.60. The van der Waals surface area contributed by atoms with Crippen molar-refractivity contribution in [2.75, 3.05) is 0 Å². The average Bonchev–Trinajstić information content (AvgIpc) is 3.05. The second-order valence-electron chi connectivity index (χ2n) is 6.11. The van der Waals surface area contributed by atoms with Gasteiger partial charge >= 0.3 is 0 Å². The van der Waals surface area contributed by atoms with Crippen LogP contribution in [0.3, 0.4) is 0 Å². The van der Waals surface area contributed by atoms with Crippen molar-refractivity contribution in [2.24, 2.45) is 5.10 Å². The highest BCUT2D eigenvalue weighted by Gasteiger charge is 2.09. The molecule has 27 heavy (non-hydrogen) atoms. The third-order valence-electron chi connectivity index (χ3n) is 4.46. The number of nitrogens with zero attached hydrogens (tertiary/aromatic N) is 3. The molecule has 3 aromatic carbocycles. The largest absolute Gasteiger partial charge is 0.333 e. The molecule has 0 spiro atoms. The van der Waals surface area contributed by atoms with Crippen LogP contribution >= 0.6 is 0 Å². The molecule has 1 aromatic heterocycles. The summed E-state index contributed by atoms with van der Waals surface area (Å²) >= 11 is 0. The summed E-state index contributed by atoms with van der Waals surface area (Å²) in [6, 6.07) is 23.3. The molecule has 4 aromatic rings. The molecule has 130 valence electrons. The fourth-order valence-electron chi connectivity index (χ4n) is 3.23. The zero-order valence-corrected chi connectivity index (χ0v) is 14.5. The molecule has 0 aliphatic rings. The molecule has 0 aliphatic heterocycles. The van der Waals surface area contributed by atoms with Crippen molar-refractivity contribution < 1.29 is 4.79 Å². The summed E-state index contributed by atoms with van der Waals surface area (Å²) in [4.78, 5) is 12.5. The molecule has 0 saturated heterocycles. The molecule has 5 nitrogen and oxygen atoms in total. The second-order valence-corrected chi connectivity index (χ2v) is 6.11. The zero-order chi connectivity index (χ0) is 18.6. The van der Waals surface area contributed by atoms with Gasteiger partial charge in [0.25, 0.3) is 5.91 Å². The molecular weight excluding hydrogens is 336 g/mol. The number of rotatable bonds is 4. The molecule has 0 fully saturated rings. The Kier molecular flexibility index (Phi) is 4.38. The lowest BCUT2D eigenvalue weighted by Crippen LogP contribution is -2.17. The number of hydrogen-bond donors (Lipinski definition) is 1. The number of amides is 1. The van der Waals surface area contributed by atoms with Crippen LogP contribution in [-0.2, 0) is 6.54 Å². The predicted octanol–water partition coefficient (Wildman–Crippen LogP) is 4.08. The maximum Gasteiger partial charge on any atom is 0.271 e. The van der Waals surface area contributed by atoms with Gasteiger partial charge in [-0.1, -0.05) is 54.6 Å². The Bertz CT molecular complexity index is 1210.